The second-order valence-corrected chi connectivity index (χ2v) is 6.17. The average molecular weight is 388 g/mol. The zero-order chi connectivity index (χ0) is 16.8. The number of para-hydroxylation sites is 2. The highest BCUT2D eigenvalue weighted by atomic mass is 79.9. The molecule has 24 heavy (non-hydrogen) atoms. The van der Waals surface area contributed by atoms with E-state index >= 15 is 0 Å². The van der Waals surface area contributed by atoms with Gasteiger partial charge in [0.1, 0.15) is 17.0 Å². The fourth-order valence-corrected chi connectivity index (χ4v) is 3.21. The Morgan fingerprint density at radius 1 is 1.25 bits per heavy atom. The number of rotatable bonds is 2. The highest BCUT2D eigenvalue weighted by Crippen LogP contribution is 2.28. The predicted octanol–water partition coefficient (Wildman–Crippen LogP) is 3.78. The molecule has 2 aromatic carbocycles. The van der Waals surface area contributed by atoms with Crippen molar-refractivity contribution in [3.8, 4) is 11.4 Å². The number of aromatic nitrogens is 3. The van der Waals surface area contributed by atoms with Gasteiger partial charge in [-0.3, -0.25) is 14.9 Å². The maximum absolute atomic E-state index is 14.1. The van der Waals surface area contributed by atoms with E-state index < -0.39 is 5.82 Å². The summed E-state index contributed by atoms with van der Waals surface area (Å²) in [5.74, 6) is 0.1000. The summed E-state index contributed by atoms with van der Waals surface area (Å²) in [6.07, 6.45) is 1.39. The van der Waals surface area contributed by atoms with Crippen molar-refractivity contribution in [1.29, 1.82) is 0 Å². The number of H-pyrrole nitrogens is 1. The Balaban J connectivity index is 2.12. The van der Waals surface area contributed by atoms with E-state index in [1.54, 1.807) is 18.2 Å². The number of aromatic amines is 1. The molecule has 0 saturated heterocycles. The van der Waals surface area contributed by atoms with Crippen LogP contribution in [0.4, 0.5) is 4.39 Å². The smallest absolute Gasteiger partial charge is 0.280 e. The van der Waals surface area contributed by atoms with Gasteiger partial charge in [0.2, 0.25) is 0 Å². The lowest BCUT2D eigenvalue weighted by Gasteiger charge is -2.07. The first-order valence-electron chi connectivity index (χ1n) is 7.12. The van der Waals surface area contributed by atoms with Crippen molar-refractivity contribution in [2.75, 3.05) is 7.11 Å². The van der Waals surface area contributed by atoms with E-state index in [-0.39, 0.29) is 11.1 Å². The number of benzene rings is 2. The fraction of sp³-hybridized carbons (Fsp3) is 0.0588. The Morgan fingerprint density at radius 2 is 2.04 bits per heavy atom. The summed E-state index contributed by atoms with van der Waals surface area (Å²) < 4.78 is 21.4. The zero-order valence-electron chi connectivity index (χ0n) is 12.5. The minimum atomic E-state index is -0.452. The first-order valence-corrected chi connectivity index (χ1v) is 7.91. The molecular weight excluding hydrogens is 377 g/mol. The van der Waals surface area contributed by atoms with Crippen LogP contribution in [0.2, 0.25) is 0 Å². The third-order valence-electron chi connectivity index (χ3n) is 3.87. The number of pyridine rings is 1. The van der Waals surface area contributed by atoms with E-state index in [2.05, 4.69) is 26.0 Å². The molecule has 4 rings (SSSR count). The molecule has 7 heteroatoms. The standard InChI is InChI=1S/C17H11BrFN3O2/c1-24-14-5-3-2-4-13(14)22-17(23)11-8-20-16-10(15(11)21-22)6-9(18)7-12(16)19/h2-8,21H,1H3. The van der Waals surface area contributed by atoms with Gasteiger partial charge >= 0.3 is 0 Å². The van der Waals surface area contributed by atoms with Gasteiger partial charge in [-0.2, -0.15) is 0 Å². The SMILES string of the molecule is COc1ccccc1-n1[nH]c2c(cnc3c(F)cc(Br)cc32)c1=O. The van der Waals surface area contributed by atoms with Crippen LogP contribution in [0.1, 0.15) is 0 Å². The molecule has 2 heterocycles. The van der Waals surface area contributed by atoms with Gasteiger partial charge in [0.05, 0.1) is 18.0 Å². The molecule has 0 unspecified atom stereocenters. The highest BCUT2D eigenvalue weighted by molar-refractivity contribution is 9.10. The van der Waals surface area contributed by atoms with E-state index in [1.165, 1.54) is 24.1 Å². The summed E-state index contributed by atoms with van der Waals surface area (Å²) in [6, 6.07) is 10.2. The second-order valence-electron chi connectivity index (χ2n) is 5.25. The molecular formula is C17H11BrFN3O2. The molecule has 120 valence electrons. The average Bonchev–Trinajstić information content (AvgIpc) is 2.92. The van der Waals surface area contributed by atoms with Gasteiger partial charge in [-0.1, -0.05) is 28.1 Å². The number of halogens is 2. The molecule has 0 aliphatic carbocycles. The van der Waals surface area contributed by atoms with Crippen LogP contribution in [-0.4, -0.2) is 21.9 Å². The lowest BCUT2D eigenvalue weighted by Crippen LogP contribution is -2.15. The Morgan fingerprint density at radius 3 is 2.83 bits per heavy atom. The number of nitrogens with zero attached hydrogens (tertiary/aromatic N) is 2. The molecule has 4 aromatic rings. The van der Waals surface area contributed by atoms with Crippen LogP contribution in [0.3, 0.4) is 0 Å². The number of hydrogen-bond donors (Lipinski definition) is 1. The molecule has 0 radical (unpaired) electrons. The minimum Gasteiger partial charge on any atom is -0.494 e. The topological polar surface area (TPSA) is 59.9 Å². The predicted molar refractivity (Wildman–Crippen MR) is 93.4 cm³/mol. The Hall–Kier alpha value is -2.67. The summed E-state index contributed by atoms with van der Waals surface area (Å²) in [6.45, 7) is 0. The summed E-state index contributed by atoms with van der Waals surface area (Å²) in [5.41, 5.74) is 1.03. The minimum absolute atomic E-state index is 0.208. The maximum atomic E-state index is 14.1. The van der Waals surface area contributed by atoms with Gasteiger partial charge in [0.15, 0.2) is 5.82 Å². The number of nitrogens with one attached hydrogen (secondary N) is 1. The summed E-state index contributed by atoms with van der Waals surface area (Å²) >= 11 is 3.28. The number of ether oxygens (including phenoxy) is 1. The molecule has 0 atom stereocenters. The normalized spacial score (nSPS) is 11.3. The summed E-state index contributed by atoms with van der Waals surface area (Å²) in [4.78, 5) is 16.8. The molecule has 0 bridgehead atoms. The van der Waals surface area contributed by atoms with Crippen LogP contribution in [0.5, 0.6) is 5.75 Å². The first kappa shape index (κ1) is 14.9. The summed E-state index contributed by atoms with van der Waals surface area (Å²) in [5, 5.41) is 3.96. The van der Waals surface area contributed by atoms with Crippen molar-refractivity contribution in [2.45, 2.75) is 0 Å². The largest absolute Gasteiger partial charge is 0.494 e. The molecule has 0 aliphatic rings. The lowest BCUT2D eigenvalue weighted by atomic mass is 10.1. The van der Waals surface area contributed by atoms with E-state index in [4.69, 9.17) is 4.74 Å². The van der Waals surface area contributed by atoms with Crippen LogP contribution >= 0.6 is 15.9 Å². The van der Waals surface area contributed by atoms with E-state index in [0.717, 1.165) is 0 Å². The number of fused-ring (bicyclic) bond motifs is 3. The monoisotopic (exact) mass is 387 g/mol. The Kier molecular flexibility index (Phi) is 3.38. The fourth-order valence-electron chi connectivity index (χ4n) is 2.78. The van der Waals surface area contributed by atoms with Crippen molar-refractivity contribution < 1.29 is 9.13 Å². The van der Waals surface area contributed by atoms with Gasteiger partial charge < -0.3 is 4.74 Å². The van der Waals surface area contributed by atoms with Crippen molar-refractivity contribution in [1.82, 2.24) is 14.8 Å². The third kappa shape index (κ3) is 2.12. The van der Waals surface area contributed by atoms with Crippen LogP contribution in [0.15, 0.2) is 51.9 Å². The van der Waals surface area contributed by atoms with Gasteiger partial charge in [-0.05, 0) is 24.3 Å². The van der Waals surface area contributed by atoms with Crippen LogP contribution < -0.4 is 10.3 Å². The number of methoxy groups -OCH3 is 1. The highest BCUT2D eigenvalue weighted by Gasteiger charge is 2.16. The van der Waals surface area contributed by atoms with E-state index in [9.17, 15) is 9.18 Å². The van der Waals surface area contributed by atoms with Crippen molar-refractivity contribution >= 4 is 37.7 Å². The molecule has 5 nitrogen and oxygen atoms in total. The van der Waals surface area contributed by atoms with Crippen molar-refractivity contribution in [3.63, 3.8) is 0 Å². The van der Waals surface area contributed by atoms with Crippen LogP contribution in [0.25, 0.3) is 27.5 Å². The molecule has 0 spiro atoms. The molecule has 0 aliphatic heterocycles. The molecule has 2 aromatic heterocycles. The Bertz CT molecular complexity index is 1150. The second kappa shape index (κ2) is 5.45. The molecule has 0 saturated carbocycles. The quantitative estimate of drug-likeness (QED) is 0.569. The van der Waals surface area contributed by atoms with Gasteiger partial charge in [-0.15, -0.1) is 0 Å². The van der Waals surface area contributed by atoms with Gasteiger partial charge in [0, 0.05) is 16.1 Å². The third-order valence-corrected chi connectivity index (χ3v) is 4.33. The molecule has 0 amide bonds. The van der Waals surface area contributed by atoms with Crippen molar-refractivity contribution in [2.24, 2.45) is 0 Å². The van der Waals surface area contributed by atoms with Gasteiger partial charge in [0.25, 0.3) is 5.56 Å². The molecule has 0 fully saturated rings. The maximum Gasteiger partial charge on any atom is 0.280 e. The van der Waals surface area contributed by atoms with E-state index in [1.807, 2.05) is 12.1 Å². The Labute approximate surface area is 143 Å². The van der Waals surface area contributed by atoms with Crippen LogP contribution in [0, 0.1) is 5.82 Å². The molecule has 1 N–H and O–H groups in total. The first-order chi connectivity index (χ1) is 11.6. The van der Waals surface area contributed by atoms with E-state index in [0.29, 0.717) is 32.2 Å². The van der Waals surface area contributed by atoms with Crippen LogP contribution in [-0.2, 0) is 0 Å². The zero-order valence-corrected chi connectivity index (χ0v) is 14.1. The number of hydrogen-bond acceptors (Lipinski definition) is 3. The lowest BCUT2D eigenvalue weighted by molar-refractivity contribution is 0.411. The summed E-state index contributed by atoms with van der Waals surface area (Å²) in [7, 11) is 1.54. The van der Waals surface area contributed by atoms with Crippen molar-refractivity contribution in [3.05, 3.63) is 63.2 Å². The van der Waals surface area contributed by atoms with Gasteiger partial charge in [-0.25, -0.2) is 9.07 Å².